The Hall–Kier alpha value is -3.23. The third-order valence-electron chi connectivity index (χ3n) is 5.53. The molecule has 0 bridgehead atoms. The van der Waals surface area contributed by atoms with Crippen LogP contribution in [0.1, 0.15) is 52.4 Å². The number of nitrogens with one attached hydrogen (secondary N) is 1. The zero-order chi connectivity index (χ0) is 23.8. The van der Waals surface area contributed by atoms with Crippen molar-refractivity contribution >= 4 is 34.9 Å². The third kappa shape index (κ3) is 4.69. The first-order valence-electron chi connectivity index (χ1n) is 10.8. The van der Waals surface area contributed by atoms with Crippen LogP contribution in [0, 0.1) is 6.92 Å². The number of benzene rings is 2. The van der Waals surface area contributed by atoms with Gasteiger partial charge in [-0.2, -0.15) is 9.50 Å². The molecular weight excluding hydrogens is 480 g/mol. The van der Waals surface area contributed by atoms with Gasteiger partial charge in [0.25, 0.3) is 11.7 Å². The lowest BCUT2D eigenvalue weighted by molar-refractivity contribution is 0.0931. The predicted octanol–water partition coefficient (Wildman–Crippen LogP) is 5.85. The molecule has 1 amide bonds. The largest absolute Gasteiger partial charge is 0.453 e. The molecule has 174 valence electrons. The standard InChI is InChI=1S/C24H20Cl2FN5O2/c1-13-30-24-29-12-21(34-17-4-2-3-15(9-17)14-5-6-14)22(32(24)31-13)23(33)28-11-20(27)18-8-7-16(25)10-19(18)26/h2-4,7-10,12,14,20H,5-6,11H2,1H3,(H,28,33). The van der Waals surface area contributed by atoms with E-state index in [0.29, 0.717) is 22.5 Å². The van der Waals surface area contributed by atoms with Gasteiger partial charge >= 0.3 is 0 Å². The van der Waals surface area contributed by atoms with E-state index in [2.05, 4.69) is 26.4 Å². The summed E-state index contributed by atoms with van der Waals surface area (Å²) < 4.78 is 22.2. The second-order valence-electron chi connectivity index (χ2n) is 8.13. The number of rotatable bonds is 7. The van der Waals surface area contributed by atoms with E-state index in [1.807, 2.05) is 18.2 Å². The number of aryl methyl sites for hydroxylation is 1. The molecule has 0 saturated heterocycles. The van der Waals surface area contributed by atoms with Gasteiger partial charge in [0, 0.05) is 15.6 Å². The number of alkyl halides is 1. The predicted molar refractivity (Wildman–Crippen MR) is 127 cm³/mol. The van der Waals surface area contributed by atoms with Gasteiger partial charge in [0.1, 0.15) is 17.7 Å². The molecule has 1 atom stereocenters. The van der Waals surface area contributed by atoms with Crippen molar-refractivity contribution in [1.29, 1.82) is 0 Å². The van der Waals surface area contributed by atoms with Gasteiger partial charge in [-0.15, -0.1) is 5.10 Å². The van der Waals surface area contributed by atoms with Gasteiger partial charge in [-0.05, 0) is 55.5 Å². The molecule has 1 N–H and O–H groups in total. The Kier molecular flexibility index (Phi) is 6.10. The molecule has 2 aromatic heterocycles. The normalized spacial score (nSPS) is 14.2. The number of hydrogen-bond donors (Lipinski definition) is 1. The summed E-state index contributed by atoms with van der Waals surface area (Å²) in [6.07, 6.45) is 2.20. The smallest absolute Gasteiger partial charge is 0.274 e. The van der Waals surface area contributed by atoms with Crippen LogP contribution >= 0.6 is 23.2 Å². The number of hydrogen-bond acceptors (Lipinski definition) is 5. The minimum atomic E-state index is -1.54. The van der Waals surface area contributed by atoms with Crippen LogP contribution in [0.25, 0.3) is 5.78 Å². The summed E-state index contributed by atoms with van der Waals surface area (Å²) in [4.78, 5) is 21.7. The molecule has 1 unspecified atom stereocenters. The fraction of sp³-hybridized carbons (Fsp3) is 0.250. The van der Waals surface area contributed by atoms with Crippen molar-refractivity contribution in [2.24, 2.45) is 0 Å². The SMILES string of the molecule is Cc1nc2ncc(Oc3cccc(C4CC4)c3)c(C(=O)NCC(F)c3ccc(Cl)cc3Cl)n2n1. The van der Waals surface area contributed by atoms with Gasteiger partial charge in [-0.1, -0.05) is 41.4 Å². The number of carbonyl (C=O) groups excluding carboxylic acids is 1. The summed E-state index contributed by atoms with van der Waals surface area (Å²) in [7, 11) is 0. The quantitative estimate of drug-likeness (QED) is 0.344. The topological polar surface area (TPSA) is 81.4 Å². The van der Waals surface area contributed by atoms with Crippen molar-refractivity contribution in [2.45, 2.75) is 31.9 Å². The van der Waals surface area contributed by atoms with Gasteiger partial charge in [-0.3, -0.25) is 4.79 Å². The highest BCUT2D eigenvalue weighted by molar-refractivity contribution is 6.35. The summed E-state index contributed by atoms with van der Waals surface area (Å²) >= 11 is 12.0. The van der Waals surface area contributed by atoms with Gasteiger partial charge < -0.3 is 10.1 Å². The average Bonchev–Trinajstić information content (AvgIpc) is 3.58. The zero-order valence-corrected chi connectivity index (χ0v) is 19.6. The van der Waals surface area contributed by atoms with E-state index < -0.39 is 12.1 Å². The third-order valence-corrected chi connectivity index (χ3v) is 6.09. The molecule has 0 spiro atoms. The molecule has 0 aliphatic heterocycles. The highest BCUT2D eigenvalue weighted by atomic mass is 35.5. The van der Waals surface area contributed by atoms with Crippen LogP contribution < -0.4 is 10.1 Å². The second kappa shape index (κ2) is 9.19. The summed E-state index contributed by atoms with van der Waals surface area (Å²) in [5, 5.41) is 7.47. The minimum absolute atomic E-state index is 0.0665. The van der Waals surface area contributed by atoms with E-state index in [0.717, 1.165) is 12.8 Å². The Morgan fingerprint density at radius 2 is 2.09 bits per heavy atom. The highest BCUT2D eigenvalue weighted by Crippen LogP contribution is 2.41. The van der Waals surface area contributed by atoms with Crippen molar-refractivity contribution in [3.63, 3.8) is 0 Å². The second-order valence-corrected chi connectivity index (χ2v) is 8.98. The molecule has 2 heterocycles. The number of halogens is 3. The molecule has 2 aromatic carbocycles. The number of nitrogens with zero attached hydrogens (tertiary/aromatic N) is 4. The highest BCUT2D eigenvalue weighted by Gasteiger charge is 2.25. The molecule has 5 rings (SSSR count). The van der Waals surface area contributed by atoms with Crippen molar-refractivity contribution in [1.82, 2.24) is 24.9 Å². The Morgan fingerprint density at radius 3 is 2.85 bits per heavy atom. The molecule has 1 fully saturated rings. The maximum absolute atomic E-state index is 14.9. The van der Waals surface area contributed by atoms with Gasteiger partial charge in [0.2, 0.25) is 0 Å². The van der Waals surface area contributed by atoms with E-state index in [-0.39, 0.29) is 34.4 Å². The molecule has 1 aliphatic carbocycles. The number of carbonyl (C=O) groups is 1. The van der Waals surface area contributed by atoms with Crippen LogP contribution in [0.4, 0.5) is 4.39 Å². The van der Waals surface area contributed by atoms with Crippen LogP contribution in [0.15, 0.2) is 48.7 Å². The van der Waals surface area contributed by atoms with Gasteiger partial charge in [0.05, 0.1) is 12.7 Å². The fourth-order valence-corrected chi connectivity index (χ4v) is 4.24. The van der Waals surface area contributed by atoms with Gasteiger partial charge in [0.15, 0.2) is 11.4 Å². The summed E-state index contributed by atoms with van der Waals surface area (Å²) in [6.45, 7) is 1.38. The van der Waals surface area contributed by atoms with Gasteiger partial charge in [-0.25, -0.2) is 9.37 Å². The molecule has 4 aromatic rings. The van der Waals surface area contributed by atoms with Crippen molar-refractivity contribution in [2.75, 3.05) is 6.54 Å². The van der Waals surface area contributed by atoms with Crippen LogP contribution in [-0.2, 0) is 0 Å². The maximum Gasteiger partial charge on any atom is 0.274 e. The summed E-state index contributed by atoms with van der Waals surface area (Å²) in [6, 6.07) is 12.2. The lowest BCUT2D eigenvalue weighted by Crippen LogP contribution is -2.29. The Labute approximate surface area is 204 Å². The van der Waals surface area contributed by atoms with Crippen LogP contribution in [-0.4, -0.2) is 32.0 Å². The molecule has 34 heavy (non-hydrogen) atoms. The number of ether oxygens (including phenoxy) is 1. The first kappa shape index (κ1) is 22.6. The van der Waals surface area contributed by atoms with Crippen molar-refractivity contribution in [3.05, 3.63) is 81.4 Å². The van der Waals surface area contributed by atoms with E-state index in [1.54, 1.807) is 13.0 Å². The Bertz CT molecular complexity index is 1390. The number of fused-ring (bicyclic) bond motifs is 1. The lowest BCUT2D eigenvalue weighted by atomic mass is 10.1. The number of amides is 1. The fourth-order valence-electron chi connectivity index (χ4n) is 3.71. The first-order valence-corrected chi connectivity index (χ1v) is 11.5. The minimum Gasteiger partial charge on any atom is -0.453 e. The maximum atomic E-state index is 14.9. The van der Waals surface area contributed by atoms with E-state index in [4.69, 9.17) is 27.9 Å². The van der Waals surface area contributed by atoms with Crippen LogP contribution in [0.2, 0.25) is 10.0 Å². The average molecular weight is 500 g/mol. The molecular formula is C24H20Cl2FN5O2. The number of aromatic nitrogens is 4. The van der Waals surface area contributed by atoms with Crippen molar-refractivity contribution in [3.8, 4) is 11.5 Å². The molecule has 0 radical (unpaired) electrons. The summed E-state index contributed by atoms with van der Waals surface area (Å²) in [5.41, 5.74) is 1.49. The summed E-state index contributed by atoms with van der Waals surface area (Å²) in [5.74, 6) is 1.39. The van der Waals surface area contributed by atoms with E-state index in [9.17, 15) is 9.18 Å². The van der Waals surface area contributed by atoms with E-state index in [1.165, 1.54) is 28.4 Å². The lowest BCUT2D eigenvalue weighted by Gasteiger charge is -2.15. The van der Waals surface area contributed by atoms with Crippen LogP contribution in [0.5, 0.6) is 11.5 Å². The monoisotopic (exact) mass is 499 g/mol. The molecule has 1 aliphatic rings. The van der Waals surface area contributed by atoms with Crippen molar-refractivity contribution < 1.29 is 13.9 Å². The first-order chi connectivity index (χ1) is 16.4. The van der Waals surface area contributed by atoms with Crippen LogP contribution in [0.3, 0.4) is 0 Å². The Morgan fingerprint density at radius 1 is 1.26 bits per heavy atom. The Balaban J connectivity index is 1.42. The molecule has 1 saturated carbocycles. The molecule has 7 nitrogen and oxygen atoms in total. The van der Waals surface area contributed by atoms with E-state index >= 15 is 0 Å². The zero-order valence-electron chi connectivity index (χ0n) is 18.1. The molecule has 10 heteroatoms.